The highest BCUT2D eigenvalue weighted by molar-refractivity contribution is 14.0. The molecule has 0 aliphatic heterocycles. The van der Waals surface area contributed by atoms with E-state index in [0.29, 0.717) is 13.1 Å². The first-order chi connectivity index (χ1) is 13.9. The number of hydrogen-bond donors (Lipinski definition) is 2. The second-order valence-corrected chi connectivity index (χ2v) is 8.25. The van der Waals surface area contributed by atoms with E-state index in [2.05, 4.69) is 58.6 Å². The molecule has 1 aliphatic rings. The molecule has 170 valence electrons. The van der Waals surface area contributed by atoms with Gasteiger partial charge in [-0.15, -0.1) is 24.0 Å². The van der Waals surface area contributed by atoms with Crippen molar-refractivity contribution in [3.05, 3.63) is 35.4 Å². The van der Waals surface area contributed by atoms with E-state index >= 15 is 0 Å². The van der Waals surface area contributed by atoms with Gasteiger partial charge in [-0.05, 0) is 37.1 Å². The van der Waals surface area contributed by atoms with Gasteiger partial charge in [0.25, 0.3) is 0 Å². The molecule has 0 unspecified atom stereocenters. The van der Waals surface area contributed by atoms with Crippen molar-refractivity contribution in [2.24, 2.45) is 10.4 Å². The van der Waals surface area contributed by atoms with Gasteiger partial charge in [0.05, 0.1) is 5.41 Å². The number of halogens is 1. The lowest BCUT2D eigenvalue weighted by Gasteiger charge is -2.31. The van der Waals surface area contributed by atoms with Crippen molar-refractivity contribution in [3.63, 3.8) is 0 Å². The fourth-order valence-electron chi connectivity index (χ4n) is 4.20. The smallest absolute Gasteiger partial charge is 0.230 e. The third kappa shape index (κ3) is 7.41. The molecule has 0 saturated heterocycles. The highest BCUT2D eigenvalue weighted by atomic mass is 127. The normalized spacial score (nSPS) is 15.6. The molecule has 7 heteroatoms. The molecule has 1 amide bonds. The maximum Gasteiger partial charge on any atom is 0.230 e. The number of carbonyl (C=O) groups excluding carboxylic acids is 1. The zero-order chi connectivity index (χ0) is 21.3. The number of nitrogens with zero attached hydrogens (tertiary/aromatic N) is 3. The number of benzene rings is 1. The number of carbonyl (C=O) groups is 1. The monoisotopic (exact) mass is 529 g/mol. The molecule has 1 aromatic carbocycles. The second-order valence-electron chi connectivity index (χ2n) is 8.25. The maximum absolute atomic E-state index is 12.7. The predicted molar refractivity (Wildman–Crippen MR) is 136 cm³/mol. The Morgan fingerprint density at radius 1 is 1.10 bits per heavy atom. The lowest BCUT2D eigenvalue weighted by Crippen LogP contribution is -2.49. The average Bonchev–Trinajstić information content (AvgIpc) is 3.21. The Hall–Kier alpha value is -1.35. The van der Waals surface area contributed by atoms with Gasteiger partial charge in [-0.3, -0.25) is 14.7 Å². The SMILES string of the molecule is CCN(CC)Cc1cccc(CNC(=NC)NCC2(C(=O)N(C)C)CCCC2)c1.I. The number of guanidine groups is 1. The summed E-state index contributed by atoms with van der Waals surface area (Å²) >= 11 is 0. The van der Waals surface area contributed by atoms with Crippen molar-refractivity contribution in [2.45, 2.75) is 52.6 Å². The summed E-state index contributed by atoms with van der Waals surface area (Å²) in [5.74, 6) is 0.971. The Bertz CT molecular complexity index is 682. The summed E-state index contributed by atoms with van der Waals surface area (Å²) in [6.07, 6.45) is 4.13. The van der Waals surface area contributed by atoms with E-state index in [9.17, 15) is 4.79 Å². The molecule has 0 aromatic heterocycles. The number of nitrogens with one attached hydrogen (secondary N) is 2. The lowest BCUT2D eigenvalue weighted by molar-refractivity contribution is -0.138. The highest BCUT2D eigenvalue weighted by Gasteiger charge is 2.42. The van der Waals surface area contributed by atoms with Crippen molar-refractivity contribution < 1.29 is 4.79 Å². The van der Waals surface area contributed by atoms with Crippen LogP contribution in [-0.4, -0.2) is 62.4 Å². The summed E-state index contributed by atoms with van der Waals surface area (Å²) in [6, 6.07) is 8.70. The molecule has 0 heterocycles. The van der Waals surface area contributed by atoms with Crippen molar-refractivity contribution >= 4 is 35.8 Å². The van der Waals surface area contributed by atoms with Crippen LogP contribution in [0.5, 0.6) is 0 Å². The molecule has 1 saturated carbocycles. The molecule has 0 bridgehead atoms. The zero-order valence-electron chi connectivity index (χ0n) is 19.3. The van der Waals surface area contributed by atoms with Crippen molar-refractivity contribution in [1.29, 1.82) is 0 Å². The fourth-order valence-corrected chi connectivity index (χ4v) is 4.20. The van der Waals surface area contributed by atoms with Gasteiger partial charge in [0.2, 0.25) is 5.91 Å². The Balaban J connectivity index is 0.00000450. The van der Waals surface area contributed by atoms with E-state index in [1.54, 1.807) is 11.9 Å². The van der Waals surface area contributed by atoms with E-state index in [4.69, 9.17) is 0 Å². The predicted octanol–water partition coefficient (Wildman–Crippen LogP) is 3.46. The van der Waals surface area contributed by atoms with Crippen LogP contribution in [0.3, 0.4) is 0 Å². The fraction of sp³-hybridized carbons (Fsp3) is 0.652. The molecule has 0 spiro atoms. The van der Waals surface area contributed by atoms with E-state index in [1.165, 1.54) is 11.1 Å². The van der Waals surface area contributed by atoms with Gasteiger partial charge in [0.15, 0.2) is 5.96 Å². The van der Waals surface area contributed by atoms with Crippen LogP contribution < -0.4 is 10.6 Å². The minimum Gasteiger partial charge on any atom is -0.355 e. The lowest BCUT2D eigenvalue weighted by atomic mass is 9.84. The number of hydrogen-bond acceptors (Lipinski definition) is 3. The van der Waals surface area contributed by atoms with Crippen LogP contribution in [0.2, 0.25) is 0 Å². The third-order valence-electron chi connectivity index (χ3n) is 5.99. The average molecular weight is 530 g/mol. The zero-order valence-corrected chi connectivity index (χ0v) is 21.7. The summed E-state index contributed by atoms with van der Waals surface area (Å²) in [5, 5.41) is 6.81. The van der Waals surface area contributed by atoms with Crippen LogP contribution >= 0.6 is 24.0 Å². The maximum atomic E-state index is 12.7. The number of amides is 1. The molecule has 2 N–H and O–H groups in total. The highest BCUT2D eigenvalue weighted by Crippen LogP contribution is 2.38. The molecule has 0 atom stereocenters. The van der Waals surface area contributed by atoms with Crippen molar-refractivity contribution in [1.82, 2.24) is 20.4 Å². The van der Waals surface area contributed by atoms with Crippen LogP contribution in [-0.2, 0) is 17.9 Å². The topological polar surface area (TPSA) is 60.0 Å². The van der Waals surface area contributed by atoms with Gasteiger partial charge in [0, 0.05) is 40.8 Å². The van der Waals surface area contributed by atoms with Gasteiger partial charge in [-0.25, -0.2) is 0 Å². The van der Waals surface area contributed by atoms with E-state index in [1.807, 2.05) is 14.1 Å². The van der Waals surface area contributed by atoms with Gasteiger partial charge in [0.1, 0.15) is 0 Å². The van der Waals surface area contributed by atoms with E-state index in [0.717, 1.165) is 51.3 Å². The molecular formula is C23H40IN5O. The summed E-state index contributed by atoms with van der Waals surface area (Å²) in [6.45, 7) is 8.83. The van der Waals surface area contributed by atoms with Crippen LogP contribution in [0.4, 0.5) is 0 Å². The first kappa shape index (κ1) is 26.7. The number of rotatable bonds is 9. The van der Waals surface area contributed by atoms with Crippen LogP contribution in [0.1, 0.15) is 50.7 Å². The van der Waals surface area contributed by atoms with Gasteiger partial charge in [-0.2, -0.15) is 0 Å². The van der Waals surface area contributed by atoms with Crippen molar-refractivity contribution in [3.8, 4) is 0 Å². The Labute approximate surface area is 199 Å². The largest absolute Gasteiger partial charge is 0.355 e. The van der Waals surface area contributed by atoms with Crippen molar-refractivity contribution in [2.75, 3.05) is 40.8 Å². The van der Waals surface area contributed by atoms with Crippen LogP contribution in [0.15, 0.2) is 29.3 Å². The Morgan fingerprint density at radius 2 is 1.73 bits per heavy atom. The molecule has 1 fully saturated rings. The molecule has 1 aliphatic carbocycles. The molecule has 30 heavy (non-hydrogen) atoms. The molecular weight excluding hydrogens is 489 g/mol. The van der Waals surface area contributed by atoms with E-state index < -0.39 is 0 Å². The molecule has 6 nitrogen and oxygen atoms in total. The molecule has 2 rings (SSSR count). The minimum atomic E-state index is -0.301. The quantitative estimate of drug-likeness (QED) is 0.292. The van der Waals surface area contributed by atoms with Gasteiger partial charge in [-0.1, -0.05) is 51.0 Å². The summed E-state index contributed by atoms with van der Waals surface area (Å²) in [5.41, 5.74) is 2.26. The molecule has 0 radical (unpaired) electrons. The van der Waals surface area contributed by atoms with Gasteiger partial charge >= 0.3 is 0 Å². The van der Waals surface area contributed by atoms with Gasteiger partial charge < -0.3 is 15.5 Å². The van der Waals surface area contributed by atoms with Crippen LogP contribution in [0.25, 0.3) is 0 Å². The first-order valence-electron chi connectivity index (χ1n) is 10.9. The summed E-state index contributed by atoms with van der Waals surface area (Å²) in [4.78, 5) is 21.2. The second kappa shape index (κ2) is 13.1. The summed E-state index contributed by atoms with van der Waals surface area (Å²) in [7, 11) is 5.47. The van der Waals surface area contributed by atoms with E-state index in [-0.39, 0.29) is 35.3 Å². The number of aliphatic imine (C=N–C) groups is 1. The minimum absolute atomic E-state index is 0. The van der Waals surface area contributed by atoms with Crippen LogP contribution in [0, 0.1) is 5.41 Å². The molecule has 1 aromatic rings. The Kier molecular flexibility index (Phi) is 11.7. The Morgan fingerprint density at radius 3 is 2.30 bits per heavy atom. The standard InChI is InChI=1S/C23H39N5O.HI/c1-6-28(7-2)17-20-12-10-11-19(15-20)16-25-22(24-3)26-18-23(13-8-9-14-23)21(29)27(4)5;/h10-12,15H,6-9,13-14,16-18H2,1-5H3,(H2,24,25,26);1H. The summed E-state index contributed by atoms with van der Waals surface area (Å²) < 4.78 is 0. The first-order valence-corrected chi connectivity index (χ1v) is 10.9. The third-order valence-corrected chi connectivity index (χ3v) is 5.99.